The van der Waals surface area contributed by atoms with Crippen LogP contribution in [-0.4, -0.2) is 19.2 Å². The zero-order chi connectivity index (χ0) is 13.5. The fraction of sp³-hybridized carbons (Fsp3) is 0.462. The highest BCUT2D eigenvalue weighted by molar-refractivity contribution is 8.95. The zero-order valence-corrected chi connectivity index (χ0v) is 12.3. The highest BCUT2D eigenvalue weighted by Gasteiger charge is 2.47. The van der Waals surface area contributed by atoms with Gasteiger partial charge in [-0.15, -0.1) is 0 Å². The molecule has 1 unspecified atom stereocenters. The molecule has 1 fully saturated rings. The van der Waals surface area contributed by atoms with Crippen LogP contribution in [0, 0.1) is 0 Å². The highest BCUT2D eigenvalue weighted by Crippen LogP contribution is 2.69. The number of benzene rings is 1. The molecule has 19 heavy (non-hydrogen) atoms. The number of para-hydroxylation sites is 1. The van der Waals surface area contributed by atoms with Crippen LogP contribution >= 0.6 is 9.06 Å². The quantitative estimate of drug-likeness (QED) is 0.852. The van der Waals surface area contributed by atoms with Gasteiger partial charge in [-0.25, -0.2) is 18.5 Å². The van der Waals surface area contributed by atoms with Gasteiger partial charge in [0.25, 0.3) is 9.06 Å². The SMILES string of the molecule is NS(=O)(=O)S1(C2CCCCC2)C=Nc2ccccc21. The van der Waals surface area contributed by atoms with Crippen LogP contribution in [0.4, 0.5) is 5.69 Å². The van der Waals surface area contributed by atoms with Crippen molar-refractivity contribution < 1.29 is 8.42 Å². The van der Waals surface area contributed by atoms with Gasteiger partial charge in [-0.1, -0.05) is 40.5 Å². The Morgan fingerprint density at radius 3 is 2.53 bits per heavy atom. The summed E-state index contributed by atoms with van der Waals surface area (Å²) >= 11 is 0. The summed E-state index contributed by atoms with van der Waals surface area (Å²) in [7, 11) is -5.82. The lowest BCUT2D eigenvalue weighted by atomic mass is 10.0. The van der Waals surface area contributed by atoms with E-state index in [2.05, 4.69) is 4.99 Å². The van der Waals surface area contributed by atoms with Gasteiger partial charge in [0.05, 0.1) is 11.2 Å². The van der Waals surface area contributed by atoms with E-state index in [1.165, 1.54) is 6.42 Å². The molecular formula is C13H18N2O2S2. The zero-order valence-electron chi connectivity index (χ0n) is 10.7. The van der Waals surface area contributed by atoms with E-state index in [0.29, 0.717) is 0 Å². The second kappa shape index (κ2) is 4.61. The predicted octanol–water partition coefficient (Wildman–Crippen LogP) is 3.06. The van der Waals surface area contributed by atoms with Gasteiger partial charge < -0.3 is 0 Å². The van der Waals surface area contributed by atoms with Crippen LogP contribution in [0.3, 0.4) is 0 Å². The first-order valence-electron chi connectivity index (χ1n) is 6.54. The summed E-state index contributed by atoms with van der Waals surface area (Å²) in [5.41, 5.74) is 2.43. The first-order chi connectivity index (χ1) is 9.06. The molecule has 0 spiro atoms. The van der Waals surface area contributed by atoms with Crippen molar-refractivity contribution in [3.63, 3.8) is 0 Å². The number of nitrogens with two attached hydrogens (primary N) is 1. The molecule has 4 nitrogen and oxygen atoms in total. The lowest BCUT2D eigenvalue weighted by Crippen LogP contribution is -2.31. The van der Waals surface area contributed by atoms with E-state index in [-0.39, 0.29) is 5.25 Å². The average molecular weight is 298 g/mol. The van der Waals surface area contributed by atoms with Gasteiger partial charge in [0.15, 0.2) is 0 Å². The van der Waals surface area contributed by atoms with Crippen molar-refractivity contribution in [2.45, 2.75) is 42.2 Å². The Balaban J connectivity index is 2.18. The third-order valence-corrected chi connectivity index (χ3v) is 11.6. The number of nitrogens with zero attached hydrogens (tertiary/aromatic N) is 1. The molecule has 1 aliphatic heterocycles. The van der Waals surface area contributed by atoms with Crippen LogP contribution in [-0.2, 0) is 9.06 Å². The topological polar surface area (TPSA) is 72.5 Å². The number of fused-ring (bicyclic) bond motifs is 1. The minimum absolute atomic E-state index is 0.128. The summed E-state index contributed by atoms with van der Waals surface area (Å²) in [5.74, 6) is 0. The predicted molar refractivity (Wildman–Crippen MR) is 80.4 cm³/mol. The largest absolute Gasteiger partial charge is 0.254 e. The summed E-state index contributed by atoms with van der Waals surface area (Å²) in [6.45, 7) is 0. The molecule has 0 saturated heterocycles. The van der Waals surface area contributed by atoms with Crippen LogP contribution in [0.25, 0.3) is 0 Å². The van der Waals surface area contributed by atoms with E-state index in [4.69, 9.17) is 5.14 Å². The molecule has 104 valence electrons. The van der Waals surface area contributed by atoms with Gasteiger partial charge in [-0.3, -0.25) is 0 Å². The summed E-state index contributed by atoms with van der Waals surface area (Å²) in [4.78, 5) is 5.18. The van der Waals surface area contributed by atoms with E-state index in [9.17, 15) is 8.42 Å². The summed E-state index contributed by atoms with van der Waals surface area (Å²) < 4.78 is 24.7. The Kier molecular flexibility index (Phi) is 3.19. The van der Waals surface area contributed by atoms with Crippen molar-refractivity contribution >= 4 is 29.3 Å². The monoisotopic (exact) mass is 298 g/mol. The van der Waals surface area contributed by atoms with E-state index >= 15 is 0 Å². The van der Waals surface area contributed by atoms with Crippen molar-refractivity contribution in [1.82, 2.24) is 0 Å². The van der Waals surface area contributed by atoms with Gasteiger partial charge in [0.1, 0.15) is 0 Å². The van der Waals surface area contributed by atoms with Crippen LogP contribution in [0.5, 0.6) is 0 Å². The molecule has 0 bridgehead atoms. The smallest absolute Gasteiger partial charge is 0.249 e. The lowest BCUT2D eigenvalue weighted by Gasteiger charge is -2.40. The maximum Gasteiger partial charge on any atom is 0.254 e. The van der Waals surface area contributed by atoms with Crippen molar-refractivity contribution in [3.8, 4) is 0 Å². The summed E-state index contributed by atoms with van der Waals surface area (Å²) in [6.07, 6.45) is 5.24. The van der Waals surface area contributed by atoms with Gasteiger partial charge in [0.2, 0.25) is 0 Å². The molecular weight excluding hydrogens is 280 g/mol. The molecule has 1 aromatic carbocycles. The molecule has 1 aromatic rings. The molecule has 0 radical (unpaired) electrons. The minimum atomic E-state index is -3.64. The summed E-state index contributed by atoms with van der Waals surface area (Å²) in [6, 6.07) is 7.52. The van der Waals surface area contributed by atoms with E-state index in [1.54, 1.807) is 5.55 Å². The Labute approximate surface area is 114 Å². The Hall–Kier alpha value is -0.850. The number of hydrogen-bond donors (Lipinski definition) is 1. The average Bonchev–Trinajstić information content (AvgIpc) is 2.80. The van der Waals surface area contributed by atoms with E-state index in [0.717, 1.165) is 36.3 Å². The first kappa shape index (κ1) is 13.1. The second-order valence-electron chi connectivity index (χ2n) is 5.10. The number of hydrogen-bond acceptors (Lipinski definition) is 3. The molecule has 1 saturated carbocycles. The van der Waals surface area contributed by atoms with Crippen LogP contribution in [0.2, 0.25) is 0 Å². The number of rotatable bonds is 2. The molecule has 6 heteroatoms. The maximum atomic E-state index is 12.3. The molecule has 1 aliphatic carbocycles. The standard InChI is InChI=1S/C13H18N2O2S2/c14-19(16,17)18(11-6-2-1-3-7-11)10-15-12-8-4-5-9-13(12)18/h4-5,8-11H,1-3,6-7H2,(H2,14,16,17). The summed E-state index contributed by atoms with van der Waals surface area (Å²) in [5, 5.41) is 5.77. The third-order valence-electron chi connectivity index (χ3n) is 3.99. The van der Waals surface area contributed by atoms with Crippen molar-refractivity contribution in [1.29, 1.82) is 0 Å². The lowest BCUT2D eigenvalue weighted by molar-refractivity contribution is 0.513. The van der Waals surface area contributed by atoms with Gasteiger partial charge in [0, 0.05) is 10.1 Å². The van der Waals surface area contributed by atoms with E-state index in [1.807, 2.05) is 24.3 Å². The molecule has 1 atom stereocenters. The Bertz CT molecular complexity index is 621. The Morgan fingerprint density at radius 1 is 1.16 bits per heavy atom. The Morgan fingerprint density at radius 2 is 1.84 bits per heavy atom. The molecule has 0 amide bonds. The molecule has 3 rings (SSSR count). The minimum Gasteiger partial charge on any atom is -0.249 e. The molecule has 1 heterocycles. The normalized spacial score (nSPS) is 30.8. The maximum absolute atomic E-state index is 12.3. The fourth-order valence-electron chi connectivity index (χ4n) is 3.08. The highest BCUT2D eigenvalue weighted by atomic mass is 33.2. The van der Waals surface area contributed by atoms with Crippen molar-refractivity contribution in [2.24, 2.45) is 10.1 Å². The van der Waals surface area contributed by atoms with Gasteiger partial charge >= 0.3 is 0 Å². The van der Waals surface area contributed by atoms with Crippen LogP contribution in [0.15, 0.2) is 34.2 Å². The molecule has 0 aromatic heterocycles. The van der Waals surface area contributed by atoms with Crippen LogP contribution in [0.1, 0.15) is 32.1 Å². The third kappa shape index (κ3) is 1.93. The fourth-order valence-corrected chi connectivity index (χ4v) is 9.90. The molecule has 2 aliphatic rings. The van der Waals surface area contributed by atoms with E-state index < -0.39 is 18.1 Å². The first-order valence-corrected chi connectivity index (χ1v) is 10.4. The van der Waals surface area contributed by atoms with Gasteiger partial charge in [-0.05, 0) is 25.0 Å². The van der Waals surface area contributed by atoms with Crippen LogP contribution < -0.4 is 5.14 Å². The van der Waals surface area contributed by atoms with Crippen molar-refractivity contribution in [2.75, 3.05) is 0 Å². The van der Waals surface area contributed by atoms with Crippen molar-refractivity contribution in [3.05, 3.63) is 24.3 Å². The number of aliphatic imine (C=N–C) groups is 1. The second-order valence-corrected chi connectivity index (χ2v) is 11.7. The van der Waals surface area contributed by atoms with Gasteiger partial charge in [-0.2, -0.15) is 0 Å². The molecule has 2 N–H and O–H groups in total.